The lowest BCUT2D eigenvalue weighted by atomic mass is 9.72. The molecule has 0 saturated heterocycles. The van der Waals surface area contributed by atoms with Crippen LogP contribution in [0.25, 0.3) is 0 Å². The number of para-hydroxylation sites is 1. The summed E-state index contributed by atoms with van der Waals surface area (Å²) in [6.45, 7) is 2.78. The van der Waals surface area contributed by atoms with Gasteiger partial charge in [-0.15, -0.1) is 0 Å². The monoisotopic (exact) mass is 469 g/mol. The van der Waals surface area contributed by atoms with Gasteiger partial charge in [-0.25, -0.2) is 13.6 Å². The topological polar surface area (TPSA) is 124 Å². The first-order valence-corrected chi connectivity index (χ1v) is 10.5. The predicted octanol–water partition coefficient (Wildman–Crippen LogP) is 1.91. The summed E-state index contributed by atoms with van der Waals surface area (Å²) in [6.07, 6.45) is -0.479. The third-order valence-corrected chi connectivity index (χ3v) is 4.88. The number of nitrogens with one attached hydrogen (secondary N) is 1. The van der Waals surface area contributed by atoms with Crippen LogP contribution in [0.1, 0.15) is 49.5 Å². The highest BCUT2D eigenvalue weighted by Gasteiger charge is 2.39. The average molecular weight is 469 g/mol. The second-order valence-corrected chi connectivity index (χ2v) is 8.49. The zero-order valence-electron chi connectivity index (χ0n) is 18.5. The molecule has 2 aliphatic heterocycles. The summed E-state index contributed by atoms with van der Waals surface area (Å²) in [4.78, 5) is 24.5. The van der Waals surface area contributed by atoms with Gasteiger partial charge in [0, 0.05) is 6.42 Å². The lowest BCUT2D eigenvalue weighted by Gasteiger charge is -2.29. The van der Waals surface area contributed by atoms with Crippen LogP contribution < -0.4 is 9.97 Å². The van der Waals surface area contributed by atoms with E-state index in [9.17, 15) is 28.5 Å². The van der Waals surface area contributed by atoms with Crippen molar-refractivity contribution in [2.24, 2.45) is 5.92 Å². The molecule has 1 aromatic carbocycles. The molecule has 0 spiro atoms. The van der Waals surface area contributed by atoms with Crippen LogP contribution in [0.3, 0.4) is 0 Å². The van der Waals surface area contributed by atoms with E-state index in [0.29, 0.717) is 24.7 Å². The van der Waals surface area contributed by atoms with E-state index in [1.165, 1.54) is 6.07 Å². The Labute approximate surface area is 189 Å². The Bertz CT molecular complexity index is 933. The van der Waals surface area contributed by atoms with Crippen molar-refractivity contribution >= 4 is 19.0 Å². The van der Waals surface area contributed by atoms with Gasteiger partial charge >= 0.3 is 19.6 Å². The number of esters is 1. The molecule has 1 aromatic rings. The quantitative estimate of drug-likeness (QED) is 0.390. The van der Waals surface area contributed by atoms with Crippen LogP contribution in [-0.4, -0.2) is 54.1 Å². The van der Waals surface area contributed by atoms with Crippen molar-refractivity contribution in [1.29, 1.82) is 0 Å². The minimum Gasteiger partial charge on any atom is -0.534 e. The van der Waals surface area contributed by atoms with Crippen molar-refractivity contribution in [3.63, 3.8) is 0 Å². The molecule has 1 amide bonds. The Morgan fingerprint density at radius 3 is 2.67 bits per heavy atom. The highest BCUT2D eigenvalue weighted by atomic mass is 19.3. The van der Waals surface area contributed by atoms with Crippen molar-refractivity contribution in [1.82, 2.24) is 5.32 Å². The molecule has 0 aromatic heterocycles. The van der Waals surface area contributed by atoms with Gasteiger partial charge in [0.1, 0.15) is 17.1 Å². The Kier molecular flexibility index (Phi) is 7.48. The summed E-state index contributed by atoms with van der Waals surface area (Å²) >= 11 is 0. The number of allylic oxidation sites excluding steroid dienone is 1. The molecule has 0 bridgehead atoms. The first kappa shape index (κ1) is 24.8. The van der Waals surface area contributed by atoms with Crippen LogP contribution >= 0.6 is 0 Å². The molecule has 0 fully saturated rings. The van der Waals surface area contributed by atoms with E-state index in [4.69, 9.17) is 18.9 Å². The Morgan fingerprint density at radius 1 is 1.30 bits per heavy atom. The molecule has 3 N–H and O–H groups in total. The first-order valence-electron chi connectivity index (χ1n) is 10.5. The average Bonchev–Trinajstić information content (AvgIpc) is 3.03. The van der Waals surface area contributed by atoms with Gasteiger partial charge in [-0.2, -0.15) is 0 Å². The van der Waals surface area contributed by atoms with Crippen molar-refractivity contribution in [3.8, 4) is 5.75 Å². The maximum Gasteiger partial charge on any atom is 0.547 e. The predicted molar refractivity (Wildman–Crippen MR) is 111 cm³/mol. The minimum atomic E-state index is -3.19. The number of rotatable bonds is 8. The number of aliphatic hydroxyl groups excluding tert-OH is 1. The molecular weight excluding hydrogens is 443 g/mol. The van der Waals surface area contributed by atoms with Gasteiger partial charge in [-0.05, 0) is 30.9 Å². The number of benzene rings is 1. The number of aliphatic hydroxyl groups is 1. The largest absolute Gasteiger partial charge is 0.547 e. The number of carbonyl (C=O) groups is 2. The van der Waals surface area contributed by atoms with E-state index in [-0.39, 0.29) is 36.0 Å². The van der Waals surface area contributed by atoms with Gasteiger partial charge in [-0.3, -0.25) is 4.79 Å². The van der Waals surface area contributed by atoms with Crippen molar-refractivity contribution in [2.45, 2.75) is 58.4 Å². The Morgan fingerprint density at radius 2 is 2.00 bits per heavy atom. The molecule has 33 heavy (non-hydrogen) atoms. The van der Waals surface area contributed by atoms with Crippen LogP contribution in [-0.2, 0) is 25.4 Å². The summed E-state index contributed by atoms with van der Waals surface area (Å²) in [5.41, 5.74) is 0.515. The van der Waals surface area contributed by atoms with E-state index in [0.717, 1.165) is 0 Å². The number of hydrogen-bond donors (Lipinski definition) is 3. The van der Waals surface area contributed by atoms with Crippen molar-refractivity contribution in [3.05, 3.63) is 40.8 Å². The molecule has 0 aliphatic carbocycles. The lowest BCUT2D eigenvalue weighted by Crippen LogP contribution is -2.53. The standard InChI is InChI=1S/C21H26BF2NO8/c1-11(2)7-14-15(32-20(28)31-14)10-30-19(27)13-6-4-5-12-8-16(22(29)33-18(12)13)25-17(26)9-21(3,23)24/h4-6,11,16,20,28-29H,7-10H2,1-3H3,(H,25,26)/t16-,20?/m0/s1. The van der Waals surface area contributed by atoms with E-state index in [1.54, 1.807) is 12.1 Å². The highest BCUT2D eigenvalue weighted by molar-refractivity contribution is 6.47. The molecule has 2 atom stereocenters. The molecule has 12 heteroatoms. The second kappa shape index (κ2) is 9.96. The number of carbonyl (C=O) groups excluding carboxylic acids is 2. The van der Waals surface area contributed by atoms with E-state index in [2.05, 4.69) is 5.32 Å². The van der Waals surface area contributed by atoms with E-state index in [1.807, 2.05) is 13.8 Å². The summed E-state index contributed by atoms with van der Waals surface area (Å²) < 4.78 is 47.2. The second-order valence-electron chi connectivity index (χ2n) is 8.49. The van der Waals surface area contributed by atoms with Crippen LogP contribution in [0.2, 0.25) is 0 Å². The lowest BCUT2D eigenvalue weighted by molar-refractivity contribution is -0.195. The van der Waals surface area contributed by atoms with Crippen LogP contribution in [0.4, 0.5) is 8.78 Å². The fraction of sp³-hybridized carbons (Fsp3) is 0.524. The van der Waals surface area contributed by atoms with Crippen molar-refractivity contribution < 1.29 is 47.4 Å². The molecule has 2 aliphatic rings. The SMILES string of the molecule is CC(C)CC1=C(COC(=O)c2cccc3c2OB(O)[C@@H](NC(=O)CC(C)(F)F)C3)OC(O)O1. The number of amides is 1. The Balaban J connectivity index is 1.68. The fourth-order valence-electron chi connectivity index (χ4n) is 3.50. The van der Waals surface area contributed by atoms with Crippen LogP contribution in [0.15, 0.2) is 29.7 Å². The molecule has 180 valence electrons. The van der Waals surface area contributed by atoms with Gasteiger partial charge in [0.05, 0.1) is 12.4 Å². The fourth-order valence-corrected chi connectivity index (χ4v) is 3.50. The number of ether oxygens (including phenoxy) is 3. The third kappa shape index (κ3) is 6.58. The smallest absolute Gasteiger partial charge is 0.534 e. The van der Waals surface area contributed by atoms with Crippen LogP contribution in [0.5, 0.6) is 5.75 Å². The van der Waals surface area contributed by atoms with Gasteiger partial charge in [0.25, 0.3) is 5.92 Å². The van der Waals surface area contributed by atoms with E-state index < -0.39 is 43.8 Å². The molecule has 2 heterocycles. The summed E-state index contributed by atoms with van der Waals surface area (Å²) in [5.74, 6) is -4.97. The third-order valence-electron chi connectivity index (χ3n) is 4.88. The van der Waals surface area contributed by atoms with Gasteiger partial charge < -0.3 is 34.3 Å². The number of fused-ring (bicyclic) bond motifs is 1. The normalized spacial score (nSPS) is 20.1. The zero-order chi connectivity index (χ0) is 24.3. The van der Waals surface area contributed by atoms with Gasteiger partial charge in [-0.1, -0.05) is 26.0 Å². The Hall–Kier alpha value is -2.86. The maximum atomic E-state index is 13.1. The summed E-state index contributed by atoms with van der Waals surface area (Å²) in [6, 6.07) is 4.63. The highest BCUT2D eigenvalue weighted by Crippen LogP contribution is 2.32. The van der Waals surface area contributed by atoms with Gasteiger partial charge in [0.15, 0.2) is 12.4 Å². The number of hydrogen-bond acceptors (Lipinski definition) is 8. The van der Waals surface area contributed by atoms with Crippen molar-refractivity contribution in [2.75, 3.05) is 6.61 Å². The number of halogens is 2. The van der Waals surface area contributed by atoms with E-state index >= 15 is 0 Å². The molecule has 0 radical (unpaired) electrons. The van der Waals surface area contributed by atoms with Crippen LogP contribution in [0, 0.1) is 5.92 Å². The summed E-state index contributed by atoms with van der Waals surface area (Å²) in [5, 5.41) is 22.2. The minimum absolute atomic E-state index is 0.0295. The molecule has 1 unspecified atom stereocenters. The maximum absolute atomic E-state index is 13.1. The zero-order valence-corrected chi connectivity index (χ0v) is 18.5. The molecule has 0 saturated carbocycles. The molecule has 3 rings (SSSR count). The number of alkyl halides is 2. The first-order chi connectivity index (χ1) is 15.4. The van der Waals surface area contributed by atoms with Gasteiger partial charge in [0.2, 0.25) is 5.91 Å². The summed E-state index contributed by atoms with van der Waals surface area (Å²) in [7, 11) is -1.55. The molecular formula is C21H26BF2NO8. The molecule has 9 nitrogen and oxygen atoms in total.